The van der Waals surface area contributed by atoms with E-state index in [9.17, 15) is 9.59 Å². The third-order valence-electron chi connectivity index (χ3n) is 3.09. The van der Waals surface area contributed by atoms with Gasteiger partial charge in [-0.05, 0) is 40.9 Å². The van der Waals surface area contributed by atoms with Gasteiger partial charge in [-0.1, -0.05) is 23.7 Å². The van der Waals surface area contributed by atoms with Gasteiger partial charge in [0.05, 0.1) is 16.8 Å². The smallest absolute Gasteiger partial charge is 0.249 e. The molecule has 0 radical (unpaired) electrons. The molecule has 2 aromatic rings. The number of halogens is 1. The Bertz CT molecular complexity index is 707. The van der Waals surface area contributed by atoms with Crippen LogP contribution in [0.5, 0.6) is 0 Å². The van der Waals surface area contributed by atoms with Gasteiger partial charge in [-0.2, -0.15) is 16.6 Å². The van der Waals surface area contributed by atoms with Crippen LogP contribution in [0.4, 0.5) is 5.69 Å². The highest BCUT2D eigenvalue weighted by atomic mass is 35.5. The van der Waals surface area contributed by atoms with Gasteiger partial charge in [0.1, 0.15) is 0 Å². The highest BCUT2D eigenvalue weighted by Gasteiger charge is 2.26. The number of hydrogen-bond acceptors (Lipinski definition) is 4. The molecule has 0 aliphatic rings. The molecular weight excluding hydrogens is 320 g/mol. The van der Waals surface area contributed by atoms with Gasteiger partial charge in [0.15, 0.2) is 11.7 Å². The molecule has 0 spiro atoms. The van der Waals surface area contributed by atoms with E-state index in [2.05, 4.69) is 5.32 Å². The third kappa shape index (κ3) is 4.17. The van der Waals surface area contributed by atoms with Crippen LogP contribution in [-0.2, 0) is 16.0 Å². The first-order chi connectivity index (χ1) is 10.6. The minimum atomic E-state index is -1.32. The molecule has 1 atom stereocenters. The Hall–Kier alpha value is -2.16. The van der Waals surface area contributed by atoms with Crippen LogP contribution < -0.4 is 5.32 Å². The Morgan fingerprint density at radius 3 is 2.73 bits per heavy atom. The maximum Gasteiger partial charge on any atom is 0.249 e. The second kappa shape index (κ2) is 7.74. The van der Waals surface area contributed by atoms with Crippen LogP contribution in [0.2, 0.25) is 5.02 Å². The van der Waals surface area contributed by atoms with Gasteiger partial charge in [-0.3, -0.25) is 9.59 Å². The van der Waals surface area contributed by atoms with Crippen LogP contribution in [0.3, 0.4) is 0 Å². The molecule has 0 saturated heterocycles. The molecule has 1 N–H and O–H groups in total. The number of nitrogens with zero attached hydrogens (tertiary/aromatic N) is 1. The summed E-state index contributed by atoms with van der Waals surface area (Å²) in [5, 5.41) is 15.9. The number of rotatable bonds is 6. The number of para-hydroxylation sites is 1. The number of anilines is 1. The van der Waals surface area contributed by atoms with Gasteiger partial charge in [0.2, 0.25) is 5.91 Å². The van der Waals surface area contributed by atoms with E-state index in [0.717, 1.165) is 5.56 Å². The molecule has 4 nitrogen and oxygen atoms in total. The highest BCUT2D eigenvalue weighted by molar-refractivity contribution is 7.07. The van der Waals surface area contributed by atoms with Crippen molar-refractivity contribution in [1.82, 2.24) is 0 Å². The SMILES string of the molecule is N#CC(C(=O)CCc1ccsc1)C(=O)Nc1ccccc1Cl. The molecule has 6 heteroatoms. The van der Waals surface area contributed by atoms with Gasteiger partial charge in [0.25, 0.3) is 0 Å². The van der Waals surface area contributed by atoms with Crippen molar-refractivity contribution in [2.24, 2.45) is 5.92 Å². The number of ketones is 1. The summed E-state index contributed by atoms with van der Waals surface area (Å²) in [4.78, 5) is 24.2. The van der Waals surface area contributed by atoms with E-state index < -0.39 is 17.6 Å². The van der Waals surface area contributed by atoms with Crippen LogP contribution in [0.15, 0.2) is 41.1 Å². The van der Waals surface area contributed by atoms with Crippen molar-refractivity contribution in [3.05, 3.63) is 51.7 Å². The van der Waals surface area contributed by atoms with Crippen LogP contribution >= 0.6 is 22.9 Å². The average molecular weight is 333 g/mol. The topological polar surface area (TPSA) is 70.0 Å². The largest absolute Gasteiger partial charge is 0.323 e. The molecule has 1 unspecified atom stereocenters. The maximum absolute atomic E-state index is 12.1. The average Bonchev–Trinajstić information content (AvgIpc) is 3.01. The van der Waals surface area contributed by atoms with Crippen LogP contribution in [-0.4, -0.2) is 11.7 Å². The molecule has 22 heavy (non-hydrogen) atoms. The van der Waals surface area contributed by atoms with Gasteiger partial charge in [-0.15, -0.1) is 0 Å². The summed E-state index contributed by atoms with van der Waals surface area (Å²) in [6, 6.07) is 10.4. The fourth-order valence-corrected chi connectivity index (χ4v) is 2.78. The zero-order valence-corrected chi connectivity index (χ0v) is 13.2. The minimum absolute atomic E-state index is 0.158. The lowest BCUT2D eigenvalue weighted by Crippen LogP contribution is -2.28. The van der Waals surface area contributed by atoms with Crippen molar-refractivity contribution in [2.75, 3.05) is 5.32 Å². The quantitative estimate of drug-likeness (QED) is 0.820. The summed E-state index contributed by atoms with van der Waals surface area (Å²) < 4.78 is 0. The van der Waals surface area contributed by atoms with Gasteiger partial charge >= 0.3 is 0 Å². The third-order valence-corrected chi connectivity index (χ3v) is 4.15. The number of nitriles is 1. The lowest BCUT2D eigenvalue weighted by Gasteiger charge is -2.10. The molecule has 2 rings (SSSR count). The predicted octanol–water partition coefficient (Wildman–Crippen LogP) is 3.68. The monoisotopic (exact) mass is 332 g/mol. The Morgan fingerprint density at radius 2 is 2.09 bits per heavy atom. The van der Waals surface area contributed by atoms with E-state index in [4.69, 9.17) is 16.9 Å². The van der Waals surface area contributed by atoms with Crippen molar-refractivity contribution in [2.45, 2.75) is 12.8 Å². The van der Waals surface area contributed by atoms with E-state index >= 15 is 0 Å². The standard InChI is InChI=1S/C16H13ClN2O2S/c17-13-3-1-2-4-14(13)19-16(21)12(9-18)15(20)6-5-11-7-8-22-10-11/h1-4,7-8,10,12H,5-6H2,(H,19,21). The lowest BCUT2D eigenvalue weighted by atomic mass is 9.99. The van der Waals surface area contributed by atoms with Crippen molar-refractivity contribution < 1.29 is 9.59 Å². The number of carbonyl (C=O) groups excluding carboxylic acids is 2. The van der Waals surface area contributed by atoms with E-state index in [1.54, 1.807) is 41.7 Å². The first kappa shape index (κ1) is 16.2. The van der Waals surface area contributed by atoms with E-state index in [-0.39, 0.29) is 6.42 Å². The Labute approximate surface area is 137 Å². The molecule has 0 fully saturated rings. The lowest BCUT2D eigenvalue weighted by molar-refractivity contribution is -0.128. The molecule has 112 valence electrons. The zero-order valence-electron chi connectivity index (χ0n) is 11.6. The van der Waals surface area contributed by atoms with E-state index in [0.29, 0.717) is 17.1 Å². The highest BCUT2D eigenvalue weighted by Crippen LogP contribution is 2.21. The molecule has 1 heterocycles. The van der Waals surface area contributed by atoms with E-state index in [1.165, 1.54) is 0 Å². The van der Waals surface area contributed by atoms with Crippen molar-refractivity contribution in [3.63, 3.8) is 0 Å². The Morgan fingerprint density at radius 1 is 1.32 bits per heavy atom. The van der Waals surface area contributed by atoms with Crippen LogP contribution in [0, 0.1) is 17.2 Å². The minimum Gasteiger partial charge on any atom is -0.323 e. The second-order valence-electron chi connectivity index (χ2n) is 4.63. The number of Topliss-reactive ketones (excluding diaryl/α,β-unsaturated/α-hetero) is 1. The Balaban J connectivity index is 1.98. The normalized spacial score (nSPS) is 11.5. The number of aryl methyl sites for hydroxylation is 1. The number of benzene rings is 1. The molecule has 0 aliphatic carbocycles. The molecule has 0 aliphatic heterocycles. The van der Waals surface area contributed by atoms with Crippen LogP contribution in [0.25, 0.3) is 0 Å². The maximum atomic E-state index is 12.1. The molecule has 0 saturated carbocycles. The molecular formula is C16H13ClN2O2S. The number of carbonyl (C=O) groups is 2. The van der Waals surface area contributed by atoms with E-state index in [1.807, 2.05) is 16.8 Å². The fourth-order valence-electron chi connectivity index (χ4n) is 1.89. The second-order valence-corrected chi connectivity index (χ2v) is 5.82. The van der Waals surface area contributed by atoms with Crippen LogP contribution in [0.1, 0.15) is 12.0 Å². The zero-order chi connectivity index (χ0) is 15.9. The summed E-state index contributed by atoms with van der Waals surface area (Å²) in [5.74, 6) is -2.36. The number of nitrogens with one attached hydrogen (secondary N) is 1. The molecule has 0 bridgehead atoms. The van der Waals surface area contributed by atoms with Crippen molar-refractivity contribution in [1.29, 1.82) is 5.26 Å². The first-order valence-corrected chi connectivity index (χ1v) is 7.92. The fraction of sp³-hybridized carbons (Fsp3) is 0.188. The summed E-state index contributed by atoms with van der Waals surface area (Å²) in [6.07, 6.45) is 0.685. The first-order valence-electron chi connectivity index (χ1n) is 6.60. The molecule has 1 aromatic heterocycles. The number of hydrogen-bond donors (Lipinski definition) is 1. The molecule has 1 aromatic carbocycles. The molecule has 1 amide bonds. The summed E-state index contributed by atoms with van der Waals surface area (Å²) in [6.45, 7) is 0. The predicted molar refractivity (Wildman–Crippen MR) is 86.8 cm³/mol. The van der Waals surface area contributed by atoms with Crippen molar-refractivity contribution in [3.8, 4) is 6.07 Å². The summed E-state index contributed by atoms with van der Waals surface area (Å²) in [7, 11) is 0. The van der Waals surface area contributed by atoms with Gasteiger partial charge in [0, 0.05) is 6.42 Å². The van der Waals surface area contributed by atoms with Gasteiger partial charge in [-0.25, -0.2) is 0 Å². The summed E-state index contributed by atoms with van der Waals surface area (Å²) in [5.41, 5.74) is 1.42. The summed E-state index contributed by atoms with van der Waals surface area (Å²) >= 11 is 7.49. The van der Waals surface area contributed by atoms with Gasteiger partial charge < -0.3 is 5.32 Å². The van der Waals surface area contributed by atoms with Crippen molar-refractivity contribution >= 4 is 40.3 Å². The number of thiophene rings is 1. The Kier molecular flexibility index (Phi) is 5.70. The number of amides is 1.